The molecule has 0 saturated carbocycles. The number of ether oxygens (including phenoxy) is 1. The first-order chi connectivity index (χ1) is 15.4. The molecule has 1 N–H and O–H groups in total. The van der Waals surface area contributed by atoms with Crippen molar-refractivity contribution >= 4 is 44.7 Å². The molecule has 0 bridgehead atoms. The molecule has 1 amide bonds. The van der Waals surface area contributed by atoms with Gasteiger partial charge in [-0.2, -0.15) is 16.1 Å². The summed E-state index contributed by atoms with van der Waals surface area (Å²) in [4.78, 5) is 13.1. The lowest BCUT2D eigenvalue weighted by atomic mass is 10.2. The third kappa shape index (κ3) is 5.32. The second-order valence-electron chi connectivity index (χ2n) is 7.03. The monoisotopic (exact) mass is 492 g/mol. The SMILES string of the molecule is O=C(Nc1cccc(OCc2cccc(F)c2)c1)c1sccc1S(=O)(=O)N1CCSCC1. The molecule has 0 atom stereocenters. The Balaban J connectivity index is 1.46. The zero-order chi connectivity index (χ0) is 22.6. The van der Waals surface area contributed by atoms with Crippen molar-refractivity contribution in [3.8, 4) is 5.75 Å². The molecule has 0 spiro atoms. The highest BCUT2D eigenvalue weighted by Crippen LogP contribution is 2.28. The molecule has 32 heavy (non-hydrogen) atoms. The van der Waals surface area contributed by atoms with Gasteiger partial charge in [-0.15, -0.1) is 11.3 Å². The quantitative estimate of drug-likeness (QED) is 0.527. The van der Waals surface area contributed by atoms with Crippen molar-refractivity contribution in [2.45, 2.75) is 11.5 Å². The van der Waals surface area contributed by atoms with Crippen LogP contribution in [0.1, 0.15) is 15.2 Å². The lowest BCUT2D eigenvalue weighted by molar-refractivity contribution is 0.102. The fraction of sp³-hybridized carbons (Fsp3) is 0.227. The maximum absolute atomic E-state index is 13.3. The van der Waals surface area contributed by atoms with Gasteiger partial charge in [0.05, 0.1) is 0 Å². The molecule has 1 aromatic heterocycles. The standard InChI is InChI=1S/C22H21FN2O4S3/c23-17-4-1-3-16(13-17)15-29-19-6-2-5-18(14-19)24-22(26)21-20(7-10-31-21)32(27,28)25-8-11-30-12-9-25/h1-7,10,13-14H,8-9,11-12,15H2,(H,24,26). The summed E-state index contributed by atoms with van der Waals surface area (Å²) in [7, 11) is -3.72. The minimum absolute atomic E-state index is 0.0328. The van der Waals surface area contributed by atoms with E-state index in [4.69, 9.17) is 4.74 Å². The van der Waals surface area contributed by atoms with Gasteiger partial charge in [-0.3, -0.25) is 4.79 Å². The van der Waals surface area contributed by atoms with E-state index < -0.39 is 15.9 Å². The highest BCUT2D eigenvalue weighted by atomic mass is 32.2. The minimum Gasteiger partial charge on any atom is -0.489 e. The number of carbonyl (C=O) groups is 1. The van der Waals surface area contributed by atoms with E-state index in [9.17, 15) is 17.6 Å². The summed E-state index contributed by atoms with van der Waals surface area (Å²) in [6.07, 6.45) is 0. The summed E-state index contributed by atoms with van der Waals surface area (Å²) >= 11 is 2.81. The Morgan fingerprint density at radius 3 is 2.66 bits per heavy atom. The second-order valence-corrected chi connectivity index (χ2v) is 11.1. The Labute approximate surface area is 194 Å². The number of thiophene rings is 1. The van der Waals surface area contributed by atoms with Crippen LogP contribution >= 0.6 is 23.1 Å². The molecule has 4 rings (SSSR count). The molecular weight excluding hydrogens is 471 g/mol. The number of hydrogen-bond donors (Lipinski definition) is 1. The van der Waals surface area contributed by atoms with Gasteiger partial charge in [0.15, 0.2) is 0 Å². The van der Waals surface area contributed by atoms with E-state index in [-0.39, 0.29) is 22.2 Å². The molecular formula is C22H21FN2O4S3. The van der Waals surface area contributed by atoms with Crippen LogP contribution in [0, 0.1) is 5.82 Å². The van der Waals surface area contributed by atoms with E-state index in [1.165, 1.54) is 22.5 Å². The average Bonchev–Trinajstić information content (AvgIpc) is 3.30. The molecule has 2 heterocycles. The molecule has 0 unspecified atom stereocenters. The van der Waals surface area contributed by atoms with Gasteiger partial charge in [-0.25, -0.2) is 12.8 Å². The maximum Gasteiger partial charge on any atom is 0.267 e. The number of halogens is 1. The first-order valence-corrected chi connectivity index (χ1v) is 13.3. The van der Waals surface area contributed by atoms with Crippen LogP contribution in [0.25, 0.3) is 0 Å². The Morgan fingerprint density at radius 2 is 1.88 bits per heavy atom. The van der Waals surface area contributed by atoms with E-state index in [2.05, 4.69) is 5.32 Å². The normalized spacial score (nSPS) is 14.8. The zero-order valence-corrected chi connectivity index (χ0v) is 19.4. The molecule has 3 aromatic rings. The van der Waals surface area contributed by atoms with E-state index in [1.54, 1.807) is 53.5 Å². The number of anilines is 1. The molecule has 1 saturated heterocycles. The van der Waals surface area contributed by atoms with E-state index >= 15 is 0 Å². The minimum atomic E-state index is -3.72. The van der Waals surface area contributed by atoms with Gasteiger partial charge in [0, 0.05) is 36.3 Å². The van der Waals surface area contributed by atoms with Gasteiger partial charge in [0.1, 0.15) is 27.9 Å². The van der Waals surface area contributed by atoms with Gasteiger partial charge >= 0.3 is 0 Å². The van der Waals surface area contributed by atoms with Gasteiger partial charge in [-0.05, 0) is 41.3 Å². The number of nitrogens with zero attached hydrogens (tertiary/aromatic N) is 1. The number of sulfonamides is 1. The topological polar surface area (TPSA) is 75.7 Å². The van der Waals surface area contributed by atoms with Crippen molar-refractivity contribution in [1.82, 2.24) is 4.31 Å². The average molecular weight is 493 g/mol. The van der Waals surface area contributed by atoms with Crippen molar-refractivity contribution < 1.29 is 22.3 Å². The van der Waals surface area contributed by atoms with Crippen LogP contribution in [0.5, 0.6) is 5.75 Å². The summed E-state index contributed by atoms with van der Waals surface area (Å²) in [5, 5.41) is 4.36. The Bertz CT molecular complexity index is 1210. The van der Waals surface area contributed by atoms with Crippen LogP contribution in [-0.2, 0) is 16.6 Å². The third-order valence-electron chi connectivity index (χ3n) is 4.81. The van der Waals surface area contributed by atoms with Crippen LogP contribution in [-0.4, -0.2) is 43.2 Å². The summed E-state index contributed by atoms with van der Waals surface area (Å²) in [5.74, 6) is 1.15. The Hall–Kier alpha value is -2.40. The van der Waals surface area contributed by atoms with Gasteiger partial charge in [0.2, 0.25) is 10.0 Å². The molecule has 2 aromatic carbocycles. The van der Waals surface area contributed by atoms with E-state index in [0.29, 0.717) is 30.1 Å². The van der Waals surface area contributed by atoms with Crippen molar-refractivity contribution in [1.29, 1.82) is 0 Å². The molecule has 0 aliphatic carbocycles. The van der Waals surface area contributed by atoms with E-state index in [0.717, 1.165) is 22.8 Å². The summed E-state index contributed by atoms with van der Waals surface area (Å²) in [6, 6.07) is 14.4. The highest BCUT2D eigenvalue weighted by molar-refractivity contribution is 7.99. The molecule has 6 nitrogen and oxygen atoms in total. The number of amides is 1. The Morgan fingerprint density at radius 1 is 1.09 bits per heavy atom. The largest absolute Gasteiger partial charge is 0.489 e. The maximum atomic E-state index is 13.3. The van der Waals surface area contributed by atoms with Crippen LogP contribution < -0.4 is 10.1 Å². The van der Waals surface area contributed by atoms with Gasteiger partial charge in [-0.1, -0.05) is 18.2 Å². The van der Waals surface area contributed by atoms with Crippen molar-refractivity contribution in [2.75, 3.05) is 29.9 Å². The molecule has 1 fully saturated rings. The number of nitrogens with one attached hydrogen (secondary N) is 1. The number of thioether (sulfide) groups is 1. The molecule has 168 valence electrons. The summed E-state index contributed by atoms with van der Waals surface area (Å²) in [6.45, 7) is 1.06. The number of carbonyl (C=O) groups excluding carboxylic acids is 1. The molecule has 0 radical (unpaired) electrons. The lowest BCUT2D eigenvalue weighted by Crippen LogP contribution is -2.38. The highest BCUT2D eigenvalue weighted by Gasteiger charge is 2.31. The third-order valence-corrected chi connectivity index (χ3v) is 8.74. The summed E-state index contributed by atoms with van der Waals surface area (Å²) < 4.78 is 46.5. The molecule has 10 heteroatoms. The van der Waals surface area contributed by atoms with E-state index in [1.807, 2.05) is 0 Å². The second kappa shape index (κ2) is 10.0. The molecule has 1 aliphatic rings. The van der Waals surface area contributed by atoms with Crippen LogP contribution in [0.4, 0.5) is 10.1 Å². The first-order valence-electron chi connectivity index (χ1n) is 9.87. The predicted molar refractivity (Wildman–Crippen MR) is 126 cm³/mol. The summed E-state index contributed by atoms with van der Waals surface area (Å²) in [5.41, 5.74) is 1.15. The van der Waals surface area contributed by atoms with Gasteiger partial charge in [0.25, 0.3) is 5.91 Å². The fourth-order valence-corrected chi connectivity index (χ4v) is 7.11. The van der Waals surface area contributed by atoms with Crippen molar-refractivity contribution in [2.24, 2.45) is 0 Å². The van der Waals surface area contributed by atoms with Crippen molar-refractivity contribution in [3.63, 3.8) is 0 Å². The molecule has 1 aliphatic heterocycles. The van der Waals surface area contributed by atoms with Crippen LogP contribution in [0.15, 0.2) is 64.9 Å². The van der Waals surface area contributed by atoms with Gasteiger partial charge < -0.3 is 10.1 Å². The van der Waals surface area contributed by atoms with Crippen LogP contribution in [0.2, 0.25) is 0 Å². The Kier molecular flexibility index (Phi) is 7.14. The lowest BCUT2D eigenvalue weighted by Gasteiger charge is -2.25. The van der Waals surface area contributed by atoms with Crippen molar-refractivity contribution in [3.05, 3.63) is 76.2 Å². The van der Waals surface area contributed by atoms with Crippen LogP contribution in [0.3, 0.4) is 0 Å². The number of benzene rings is 2. The fourth-order valence-electron chi connectivity index (χ4n) is 3.24. The number of rotatable bonds is 7. The number of hydrogen-bond acceptors (Lipinski definition) is 6. The smallest absolute Gasteiger partial charge is 0.267 e. The zero-order valence-electron chi connectivity index (χ0n) is 17.0. The first kappa shape index (κ1) is 22.8. The predicted octanol–water partition coefficient (Wildman–Crippen LogP) is 4.46.